The first kappa shape index (κ1) is 17.1. The predicted molar refractivity (Wildman–Crippen MR) is 106 cm³/mol. The van der Waals surface area contributed by atoms with Crippen molar-refractivity contribution in [1.82, 2.24) is 14.8 Å². The summed E-state index contributed by atoms with van der Waals surface area (Å²) >= 11 is 5.33. The summed E-state index contributed by atoms with van der Waals surface area (Å²) in [5.41, 5.74) is 4.69. The second kappa shape index (κ2) is 7.90. The Bertz CT molecular complexity index is 854. The minimum atomic E-state index is 0.470. The minimum Gasteiger partial charge on any atom is -0.332 e. The van der Waals surface area contributed by atoms with E-state index in [0.717, 1.165) is 12.1 Å². The van der Waals surface area contributed by atoms with Gasteiger partial charge >= 0.3 is 0 Å². The van der Waals surface area contributed by atoms with E-state index in [1.54, 1.807) is 11.0 Å². The monoisotopic (exact) mass is 351 g/mol. The largest absolute Gasteiger partial charge is 0.332 e. The van der Waals surface area contributed by atoms with Crippen LogP contribution in [-0.2, 0) is 13.0 Å². The van der Waals surface area contributed by atoms with Gasteiger partial charge in [0.1, 0.15) is 6.33 Å². The van der Waals surface area contributed by atoms with E-state index in [9.17, 15) is 0 Å². The topological polar surface area (TPSA) is 54.8 Å². The lowest BCUT2D eigenvalue weighted by Gasteiger charge is -2.08. The Kier molecular flexibility index (Phi) is 5.40. The highest BCUT2D eigenvalue weighted by molar-refractivity contribution is 7.80. The van der Waals surface area contributed by atoms with Gasteiger partial charge in [-0.05, 0) is 54.4 Å². The minimum absolute atomic E-state index is 0.470. The third-order valence-corrected chi connectivity index (χ3v) is 4.18. The van der Waals surface area contributed by atoms with Crippen LogP contribution in [0.15, 0.2) is 54.9 Å². The molecule has 0 spiro atoms. The maximum Gasteiger partial charge on any atom is 0.248 e. The Labute approximate surface area is 153 Å². The number of nitrogens with one attached hydrogen (secondary N) is 2. The highest BCUT2D eigenvalue weighted by Crippen LogP contribution is 2.11. The lowest BCUT2D eigenvalue weighted by Crippen LogP contribution is -2.20. The van der Waals surface area contributed by atoms with Gasteiger partial charge in [0, 0.05) is 5.69 Å². The van der Waals surface area contributed by atoms with Gasteiger partial charge in [-0.2, -0.15) is 0 Å². The van der Waals surface area contributed by atoms with Crippen molar-refractivity contribution in [2.75, 3.05) is 10.6 Å². The van der Waals surface area contributed by atoms with Crippen LogP contribution in [-0.4, -0.2) is 19.9 Å². The summed E-state index contributed by atoms with van der Waals surface area (Å²) in [6.45, 7) is 4.90. The van der Waals surface area contributed by atoms with Crippen LogP contribution in [0.5, 0.6) is 0 Å². The van der Waals surface area contributed by atoms with Gasteiger partial charge in [0.25, 0.3) is 0 Å². The average Bonchev–Trinajstić information content (AvgIpc) is 3.04. The quantitative estimate of drug-likeness (QED) is 0.680. The molecule has 0 bridgehead atoms. The smallest absolute Gasteiger partial charge is 0.248 e. The Morgan fingerprint density at radius 2 is 1.84 bits per heavy atom. The number of nitrogens with zero attached hydrogens (tertiary/aromatic N) is 3. The molecule has 3 rings (SSSR count). The van der Waals surface area contributed by atoms with Crippen LogP contribution >= 0.6 is 12.2 Å². The van der Waals surface area contributed by atoms with Gasteiger partial charge in [-0.25, -0.2) is 9.67 Å². The molecule has 0 radical (unpaired) electrons. The van der Waals surface area contributed by atoms with Crippen LogP contribution in [0, 0.1) is 6.92 Å². The van der Waals surface area contributed by atoms with Crippen molar-refractivity contribution in [3.63, 3.8) is 0 Å². The lowest BCUT2D eigenvalue weighted by atomic mass is 10.1. The molecule has 2 N–H and O–H groups in total. The van der Waals surface area contributed by atoms with E-state index in [1.807, 2.05) is 24.3 Å². The number of aryl methyl sites for hydroxylation is 2. The Balaban J connectivity index is 1.58. The molecule has 1 heterocycles. The second-order valence-electron chi connectivity index (χ2n) is 5.82. The van der Waals surface area contributed by atoms with Gasteiger partial charge in [0.15, 0.2) is 5.11 Å². The molecule has 6 heteroatoms. The molecule has 0 saturated carbocycles. The summed E-state index contributed by atoms with van der Waals surface area (Å²) in [6, 6.07) is 16.4. The highest BCUT2D eigenvalue weighted by atomic mass is 32.1. The van der Waals surface area contributed by atoms with E-state index in [2.05, 4.69) is 58.8 Å². The van der Waals surface area contributed by atoms with E-state index in [0.29, 0.717) is 17.6 Å². The van der Waals surface area contributed by atoms with Crippen molar-refractivity contribution in [3.05, 3.63) is 71.5 Å². The number of rotatable bonds is 5. The molecular formula is C19H21N5S. The molecule has 0 atom stereocenters. The van der Waals surface area contributed by atoms with Crippen molar-refractivity contribution in [1.29, 1.82) is 0 Å². The van der Waals surface area contributed by atoms with Gasteiger partial charge in [-0.15, -0.1) is 5.10 Å². The van der Waals surface area contributed by atoms with Crippen molar-refractivity contribution in [3.8, 4) is 0 Å². The summed E-state index contributed by atoms with van der Waals surface area (Å²) < 4.78 is 1.79. The highest BCUT2D eigenvalue weighted by Gasteiger charge is 2.05. The van der Waals surface area contributed by atoms with Gasteiger partial charge in [-0.3, -0.25) is 5.32 Å². The molecule has 25 heavy (non-hydrogen) atoms. The summed E-state index contributed by atoms with van der Waals surface area (Å²) in [6.07, 6.45) is 2.72. The van der Waals surface area contributed by atoms with Crippen LogP contribution in [0.25, 0.3) is 0 Å². The van der Waals surface area contributed by atoms with Crippen molar-refractivity contribution in [2.45, 2.75) is 26.8 Å². The molecule has 0 amide bonds. The maximum absolute atomic E-state index is 5.33. The number of aromatic nitrogens is 3. The first-order valence-corrected chi connectivity index (χ1v) is 8.66. The number of hydrogen-bond acceptors (Lipinski definition) is 3. The molecule has 0 fully saturated rings. The zero-order valence-electron chi connectivity index (χ0n) is 14.4. The first-order chi connectivity index (χ1) is 12.1. The van der Waals surface area contributed by atoms with Crippen LogP contribution in [0.1, 0.15) is 23.6 Å². The van der Waals surface area contributed by atoms with Crippen LogP contribution in [0.2, 0.25) is 0 Å². The molecule has 0 aliphatic heterocycles. The molecule has 1 aromatic heterocycles. The molecule has 5 nitrogen and oxygen atoms in total. The van der Waals surface area contributed by atoms with Gasteiger partial charge < -0.3 is 5.32 Å². The van der Waals surface area contributed by atoms with Crippen molar-refractivity contribution < 1.29 is 0 Å². The molecule has 0 aliphatic carbocycles. The Morgan fingerprint density at radius 3 is 2.56 bits per heavy atom. The molecule has 2 aromatic carbocycles. The molecular weight excluding hydrogens is 330 g/mol. The number of benzene rings is 2. The van der Waals surface area contributed by atoms with Crippen LogP contribution in [0.4, 0.5) is 11.6 Å². The third kappa shape index (κ3) is 4.64. The standard InChI is InChI=1S/C19H21N5S/c1-3-15-8-10-17(11-9-15)21-19(25)22-18-20-13-24(23-18)12-16-7-5-4-6-14(16)2/h4-11,13H,3,12H2,1-2H3,(H2,21,22,23,25). The SMILES string of the molecule is CCc1ccc(NC(=S)Nc2ncn(Cc3ccccc3C)n2)cc1. The molecule has 0 saturated heterocycles. The normalized spacial score (nSPS) is 10.5. The van der Waals surface area contributed by atoms with Crippen LogP contribution < -0.4 is 10.6 Å². The van der Waals surface area contributed by atoms with Crippen LogP contribution in [0.3, 0.4) is 0 Å². The Morgan fingerprint density at radius 1 is 1.08 bits per heavy atom. The predicted octanol–water partition coefficient (Wildman–Crippen LogP) is 4.01. The molecule has 3 aromatic rings. The maximum atomic E-state index is 5.33. The number of hydrogen-bond donors (Lipinski definition) is 2. The Hall–Kier alpha value is -2.73. The molecule has 128 valence electrons. The summed E-state index contributed by atoms with van der Waals surface area (Å²) in [5, 5.41) is 11.1. The van der Waals surface area contributed by atoms with Gasteiger partial charge in [-0.1, -0.05) is 43.3 Å². The van der Waals surface area contributed by atoms with Crippen molar-refractivity contribution >= 4 is 29.0 Å². The fraction of sp³-hybridized carbons (Fsp3) is 0.211. The summed E-state index contributed by atoms with van der Waals surface area (Å²) in [4.78, 5) is 4.26. The molecule has 0 aliphatic rings. The number of thiocarbonyl (C=S) groups is 1. The van der Waals surface area contributed by atoms with Gasteiger partial charge in [0.2, 0.25) is 5.95 Å². The van der Waals surface area contributed by atoms with Crippen molar-refractivity contribution in [2.24, 2.45) is 0 Å². The van der Waals surface area contributed by atoms with Gasteiger partial charge in [0.05, 0.1) is 6.54 Å². The van der Waals surface area contributed by atoms with E-state index in [1.165, 1.54) is 16.7 Å². The lowest BCUT2D eigenvalue weighted by molar-refractivity contribution is 0.684. The first-order valence-electron chi connectivity index (χ1n) is 8.25. The fourth-order valence-corrected chi connectivity index (χ4v) is 2.69. The fourth-order valence-electron chi connectivity index (χ4n) is 2.48. The third-order valence-electron chi connectivity index (χ3n) is 3.98. The summed E-state index contributed by atoms with van der Waals surface area (Å²) in [5.74, 6) is 0.483. The van der Waals surface area contributed by atoms with E-state index < -0.39 is 0 Å². The van der Waals surface area contributed by atoms with E-state index >= 15 is 0 Å². The number of anilines is 2. The second-order valence-corrected chi connectivity index (χ2v) is 6.23. The molecule has 0 unspecified atom stereocenters. The average molecular weight is 351 g/mol. The summed E-state index contributed by atoms with van der Waals surface area (Å²) in [7, 11) is 0. The van der Waals surface area contributed by atoms with E-state index in [-0.39, 0.29) is 0 Å². The zero-order valence-corrected chi connectivity index (χ0v) is 15.2. The van der Waals surface area contributed by atoms with E-state index in [4.69, 9.17) is 12.2 Å². The zero-order chi connectivity index (χ0) is 17.6.